The SMILES string of the molecule is COP(=O)(O)O[C@H]1[C@@H](F)[C@H](n2cnc3c(N)ncnc32)O[C@@H]1COP(=O)(O)O[C@H]1[C@@H](O)[C@H](n2cnc3c2ncn2ncnc32)O[C@@H]1I. The number of ether oxygens (including phenoxy) is 2. The Morgan fingerprint density at radius 3 is 2.36 bits per heavy atom. The Hall–Kier alpha value is -2.87. The van der Waals surface area contributed by atoms with E-state index in [1.165, 1.54) is 28.1 Å². The number of hydrogen-bond donors (Lipinski definition) is 4. The first-order valence-corrected chi connectivity index (χ1v) is 17.5. The van der Waals surface area contributed by atoms with Crippen LogP contribution in [0.15, 0.2) is 31.6 Å². The number of anilines is 1. The molecule has 7 rings (SSSR count). The van der Waals surface area contributed by atoms with Crippen LogP contribution in [-0.4, -0.2) is 112 Å². The van der Waals surface area contributed by atoms with Gasteiger partial charge in [0.15, 0.2) is 46.9 Å². The summed E-state index contributed by atoms with van der Waals surface area (Å²) in [6.45, 7) is -0.883. The molecule has 2 fully saturated rings. The van der Waals surface area contributed by atoms with Crippen LogP contribution in [0.2, 0.25) is 0 Å². The van der Waals surface area contributed by atoms with Gasteiger partial charge in [0.2, 0.25) is 0 Å². The van der Waals surface area contributed by atoms with Crippen LogP contribution in [0.25, 0.3) is 28.0 Å². The van der Waals surface area contributed by atoms with Gasteiger partial charge in [-0.3, -0.25) is 27.2 Å². The molecule has 22 nitrogen and oxygen atoms in total. The smallest absolute Gasteiger partial charge is 0.386 e. The van der Waals surface area contributed by atoms with Gasteiger partial charge in [-0.1, -0.05) is 0 Å². The average Bonchev–Trinajstić information content (AvgIpc) is 3.86. The maximum atomic E-state index is 15.8. The molecule has 47 heavy (non-hydrogen) atoms. The first-order valence-electron chi connectivity index (χ1n) is 13.3. The van der Waals surface area contributed by atoms with Crippen LogP contribution in [-0.2, 0) is 36.7 Å². The van der Waals surface area contributed by atoms with Crippen LogP contribution in [0, 0.1) is 0 Å². The quantitative estimate of drug-likeness (QED) is 0.0844. The maximum absolute atomic E-state index is 15.8. The molecule has 0 bridgehead atoms. The number of phosphoric ester groups is 2. The van der Waals surface area contributed by atoms with Gasteiger partial charge >= 0.3 is 15.6 Å². The van der Waals surface area contributed by atoms with Crippen molar-refractivity contribution < 1.29 is 56.0 Å². The number of aliphatic hydroxyl groups excluding tert-OH is 1. The van der Waals surface area contributed by atoms with Gasteiger partial charge < -0.3 is 30.1 Å². The van der Waals surface area contributed by atoms with Crippen molar-refractivity contribution in [3.63, 3.8) is 0 Å². The van der Waals surface area contributed by atoms with Gasteiger partial charge in [-0.25, -0.2) is 47.9 Å². The topological polar surface area (TPSA) is 281 Å². The van der Waals surface area contributed by atoms with Crippen LogP contribution in [0.3, 0.4) is 0 Å². The number of hydrogen-bond acceptors (Lipinski definition) is 17. The second-order valence-corrected chi connectivity index (χ2v) is 14.3. The third-order valence-electron chi connectivity index (χ3n) is 7.34. The van der Waals surface area contributed by atoms with Crippen molar-refractivity contribution in [2.45, 2.75) is 47.2 Å². The molecule has 10 atom stereocenters. The van der Waals surface area contributed by atoms with Gasteiger partial charge in [0.05, 0.1) is 19.3 Å². The fourth-order valence-electron chi connectivity index (χ4n) is 5.17. The molecule has 7 heterocycles. The average molecular weight is 813 g/mol. The molecule has 0 radical (unpaired) electrons. The van der Waals surface area contributed by atoms with Gasteiger partial charge in [0, 0.05) is 7.11 Å². The number of fused-ring (bicyclic) bond motifs is 4. The summed E-state index contributed by atoms with van der Waals surface area (Å²) < 4.78 is 75.6. The van der Waals surface area contributed by atoms with E-state index in [0.717, 1.165) is 24.3 Å². The number of alkyl halides is 2. The predicted molar refractivity (Wildman–Crippen MR) is 159 cm³/mol. The number of rotatable bonds is 10. The molecule has 0 aromatic carbocycles. The lowest BCUT2D eigenvalue weighted by atomic mass is 10.1. The molecule has 2 saturated heterocycles. The summed E-state index contributed by atoms with van der Waals surface area (Å²) in [5, 5.41) is 15.1. The van der Waals surface area contributed by atoms with Crippen molar-refractivity contribution in [2.24, 2.45) is 0 Å². The fourth-order valence-corrected chi connectivity index (χ4v) is 7.86. The molecule has 0 aliphatic carbocycles. The Morgan fingerprint density at radius 2 is 1.60 bits per heavy atom. The van der Waals surface area contributed by atoms with Crippen molar-refractivity contribution in [1.82, 2.24) is 48.7 Å². The van der Waals surface area contributed by atoms with E-state index in [9.17, 15) is 24.0 Å². The minimum absolute atomic E-state index is 0.00597. The van der Waals surface area contributed by atoms with Crippen LogP contribution < -0.4 is 5.73 Å². The maximum Gasteiger partial charge on any atom is 0.472 e. The summed E-state index contributed by atoms with van der Waals surface area (Å²) in [7, 11) is -8.99. The lowest BCUT2D eigenvalue weighted by Crippen LogP contribution is -2.35. The highest BCUT2D eigenvalue weighted by atomic mass is 127. The summed E-state index contributed by atoms with van der Waals surface area (Å²) in [6, 6.07) is 0. The Labute approximate surface area is 274 Å². The van der Waals surface area contributed by atoms with Crippen molar-refractivity contribution >= 4 is 72.0 Å². The molecule has 2 unspecified atom stereocenters. The van der Waals surface area contributed by atoms with E-state index in [1.54, 1.807) is 22.6 Å². The van der Waals surface area contributed by atoms with Crippen LogP contribution in [0.4, 0.5) is 10.2 Å². The van der Waals surface area contributed by atoms with E-state index in [1.807, 2.05) is 0 Å². The molecule has 5 N–H and O–H groups in total. The third-order valence-corrected chi connectivity index (χ3v) is 10.3. The molecule has 2 aliphatic rings. The summed E-state index contributed by atoms with van der Waals surface area (Å²) in [5.74, 6) is 0.00597. The van der Waals surface area contributed by atoms with Gasteiger partial charge in [0.1, 0.15) is 53.0 Å². The number of nitrogen functional groups attached to an aromatic ring is 1. The molecular weight excluding hydrogens is 790 g/mol. The second-order valence-electron chi connectivity index (χ2n) is 10.1. The Balaban J connectivity index is 1.08. The number of halogens is 2. The van der Waals surface area contributed by atoms with Crippen molar-refractivity contribution in [2.75, 3.05) is 19.5 Å². The lowest BCUT2D eigenvalue weighted by Gasteiger charge is -2.24. The Morgan fingerprint density at radius 1 is 0.915 bits per heavy atom. The first kappa shape index (κ1) is 32.7. The molecule has 0 amide bonds. The van der Waals surface area contributed by atoms with Crippen molar-refractivity contribution in [3.05, 3.63) is 31.6 Å². The van der Waals surface area contributed by atoms with Gasteiger partial charge in [0.25, 0.3) is 0 Å². The number of phosphoric acid groups is 2. The van der Waals surface area contributed by atoms with Crippen LogP contribution in [0.1, 0.15) is 12.5 Å². The van der Waals surface area contributed by atoms with Crippen molar-refractivity contribution in [3.8, 4) is 0 Å². The molecular formula is C21H23FIN11O11P2. The molecule has 2 aliphatic heterocycles. The molecule has 26 heteroatoms. The normalized spacial score (nSPS) is 30.8. The van der Waals surface area contributed by atoms with Crippen LogP contribution in [0.5, 0.6) is 0 Å². The second kappa shape index (κ2) is 12.2. The standard InChI is InChI=1S/C21H23FIN11O11P2/c1-40-46(36,37)44-13-8(42-20(9(13)22)32-5-28-10-16(24)25-3-26-17(10)32)2-41-47(38,39)45-14-12(35)21(43-15(14)23)33-6-29-11-18(33)30-7-34-19(11)27-4-31-34/h3-9,12-15,20-21,35H,2H2,1H3,(H,36,37)(H,38,39)(H2,24,25,26)/t8-,9-,12-,13-,14+,15+,20-,21-/m1/s1. The van der Waals surface area contributed by atoms with E-state index in [4.69, 9.17) is 28.8 Å². The van der Waals surface area contributed by atoms with Gasteiger partial charge in [-0.15, -0.1) is 0 Å². The Kier molecular flexibility index (Phi) is 8.50. The predicted octanol–water partition coefficient (Wildman–Crippen LogP) is 0.417. The largest absolute Gasteiger partial charge is 0.472 e. The fraction of sp³-hybridized carbons (Fsp3) is 0.476. The highest BCUT2D eigenvalue weighted by Gasteiger charge is 2.52. The van der Waals surface area contributed by atoms with Gasteiger partial charge in [-0.2, -0.15) is 5.10 Å². The van der Waals surface area contributed by atoms with Gasteiger partial charge in [-0.05, 0) is 22.6 Å². The highest BCUT2D eigenvalue weighted by Crippen LogP contribution is 2.52. The third kappa shape index (κ3) is 5.91. The van der Waals surface area contributed by atoms with E-state index in [-0.39, 0.29) is 17.0 Å². The Bertz CT molecular complexity index is 2050. The minimum Gasteiger partial charge on any atom is -0.386 e. The number of aliphatic hydroxyl groups is 1. The lowest BCUT2D eigenvalue weighted by molar-refractivity contribution is -0.0508. The number of nitrogens with two attached hydrogens (primary N) is 1. The minimum atomic E-state index is -5.06. The van der Waals surface area contributed by atoms with E-state index in [0.29, 0.717) is 16.8 Å². The molecule has 0 spiro atoms. The zero-order valence-electron chi connectivity index (χ0n) is 23.5. The summed E-state index contributed by atoms with van der Waals surface area (Å²) >= 11 is 1.76. The summed E-state index contributed by atoms with van der Waals surface area (Å²) in [5.41, 5.74) is 7.08. The van der Waals surface area contributed by atoms with E-state index < -0.39 is 69.4 Å². The highest BCUT2D eigenvalue weighted by molar-refractivity contribution is 14.1. The van der Waals surface area contributed by atoms with Crippen molar-refractivity contribution in [1.29, 1.82) is 0 Å². The zero-order chi connectivity index (χ0) is 33.2. The molecule has 252 valence electrons. The van der Waals surface area contributed by atoms with E-state index in [2.05, 4.69) is 39.5 Å². The number of nitrogens with zero attached hydrogens (tertiary/aromatic N) is 10. The monoisotopic (exact) mass is 813 g/mol. The molecule has 0 saturated carbocycles. The summed E-state index contributed by atoms with van der Waals surface area (Å²) in [6.07, 6.45) is -4.91. The first-order chi connectivity index (χ1) is 22.4. The molecule has 5 aromatic heterocycles. The molecule has 5 aromatic rings. The number of aromatic nitrogens is 10. The zero-order valence-corrected chi connectivity index (χ0v) is 27.5. The van der Waals surface area contributed by atoms with Crippen LogP contribution >= 0.6 is 38.2 Å². The number of imidazole rings is 2. The summed E-state index contributed by atoms with van der Waals surface area (Å²) in [4.78, 5) is 45.2. The van der Waals surface area contributed by atoms with E-state index >= 15 is 4.39 Å².